The molecular formula is C13H21N3O2. The number of carboxylic acids is 1. The van der Waals surface area contributed by atoms with E-state index in [0.717, 1.165) is 31.6 Å². The third-order valence-corrected chi connectivity index (χ3v) is 3.33. The molecule has 5 nitrogen and oxygen atoms in total. The van der Waals surface area contributed by atoms with E-state index in [1.807, 2.05) is 21.8 Å². The summed E-state index contributed by atoms with van der Waals surface area (Å²) >= 11 is 0. The van der Waals surface area contributed by atoms with Crippen LogP contribution in [-0.2, 0) is 11.3 Å². The predicted octanol–water partition coefficient (Wildman–Crippen LogP) is 1.76. The number of likely N-dealkylation sites (tertiary alicyclic amines) is 1. The summed E-state index contributed by atoms with van der Waals surface area (Å²) in [5.41, 5.74) is 1.16. The van der Waals surface area contributed by atoms with Crippen LogP contribution < -0.4 is 0 Å². The first-order valence-corrected chi connectivity index (χ1v) is 6.55. The molecule has 1 N–H and O–H groups in total. The van der Waals surface area contributed by atoms with Crippen LogP contribution in [0.2, 0.25) is 0 Å². The molecule has 1 unspecified atom stereocenters. The summed E-state index contributed by atoms with van der Waals surface area (Å²) < 4.78 is 2.02. The summed E-state index contributed by atoms with van der Waals surface area (Å²) in [4.78, 5) is 12.9. The topological polar surface area (TPSA) is 58.4 Å². The van der Waals surface area contributed by atoms with Crippen LogP contribution in [0.3, 0.4) is 0 Å². The summed E-state index contributed by atoms with van der Waals surface area (Å²) in [6.45, 7) is 6.20. The van der Waals surface area contributed by atoms with Crippen molar-refractivity contribution < 1.29 is 9.90 Å². The fourth-order valence-electron chi connectivity index (χ4n) is 2.65. The first-order valence-electron chi connectivity index (χ1n) is 6.55. The van der Waals surface area contributed by atoms with Crippen molar-refractivity contribution in [2.24, 2.45) is 5.92 Å². The zero-order valence-electron chi connectivity index (χ0n) is 11.0. The molecule has 1 aromatic rings. The summed E-state index contributed by atoms with van der Waals surface area (Å²) in [5.74, 6) is -0.213. The molecule has 0 radical (unpaired) electrons. The minimum absolute atomic E-state index is 0.123. The third kappa shape index (κ3) is 2.90. The zero-order chi connectivity index (χ0) is 13.1. The average Bonchev–Trinajstić information content (AvgIpc) is 2.85. The van der Waals surface area contributed by atoms with Crippen LogP contribution in [0.15, 0.2) is 12.3 Å². The lowest BCUT2D eigenvalue weighted by atomic mass is 10.1. The largest absolute Gasteiger partial charge is 0.480 e. The number of hydrogen-bond donors (Lipinski definition) is 1. The van der Waals surface area contributed by atoms with Gasteiger partial charge in [0.2, 0.25) is 0 Å². The summed E-state index contributed by atoms with van der Waals surface area (Å²) in [5, 5.41) is 13.3. The lowest BCUT2D eigenvalue weighted by molar-refractivity contribution is -0.138. The molecule has 0 aromatic carbocycles. The molecule has 2 rings (SSSR count). The van der Waals surface area contributed by atoms with Crippen LogP contribution in [0, 0.1) is 5.92 Å². The maximum atomic E-state index is 10.9. The number of nitrogens with zero attached hydrogens (tertiary/aromatic N) is 3. The molecule has 1 aliphatic rings. The van der Waals surface area contributed by atoms with E-state index in [4.69, 9.17) is 5.11 Å². The Morgan fingerprint density at radius 2 is 2.39 bits per heavy atom. The van der Waals surface area contributed by atoms with E-state index in [-0.39, 0.29) is 12.6 Å². The molecule has 0 aliphatic carbocycles. The molecule has 1 saturated heterocycles. The van der Waals surface area contributed by atoms with Gasteiger partial charge in [0.1, 0.15) is 0 Å². The van der Waals surface area contributed by atoms with E-state index in [1.54, 1.807) is 0 Å². The zero-order valence-corrected chi connectivity index (χ0v) is 11.0. The highest BCUT2D eigenvalue weighted by Crippen LogP contribution is 2.31. The minimum Gasteiger partial charge on any atom is -0.480 e. The molecular weight excluding hydrogens is 230 g/mol. The standard InChI is InChI=1S/C13H21N3O2/c1-10(2)8-16-12(5-6-14-16)11-4-3-7-15(11)9-13(17)18/h5-6,10-11H,3-4,7-9H2,1-2H3,(H,17,18). The van der Waals surface area contributed by atoms with Crippen molar-refractivity contribution in [2.75, 3.05) is 13.1 Å². The molecule has 1 fully saturated rings. The van der Waals surface area contributed by atoms with Gasteiger partial charge in [-0.3, -0.25) is 14.4 Å². The Kier molecular flexibility index (Phi) is 4.01. The lowest BCUT2D eigenvalue weighted by Gasteiger charge is -2.23. The average molecular weight is 251 g/mol. The molecule has 2 heterocycles. The molecule has 100 valence electrons. The predicted molar refractivity (Wildman–Crippen MR) is 68.2 cm³/mol. The Morgan fingerprint density at radius 1 is 1.61 bits per heavy atom. The number of carbonyl (C=O) groups is 1. The van der Waals surface area contributed by atoms with Gasteiger partial charge in [-0.15, -0.1) is 0 Å². The molecule has 0 amide bonds. The molecule has 0 bridgehead atoms. The Bertz CT molecular complexity index is 414. The van der Waals surface area contributed by atoms with Crippen molar-refractivity contribution in [1.29, 1.82) is 0 Å². The van der Waals surface area contributed by atoms with Crippen molar-refractivity contribution in [3.8, 4) is 0 Å². The smallest absolute Gasteiger partial charge is 0.317 e. The van der Waals surface area contributed by atoms with Gasteiger partial charge in [-0.2, -0.15) is 5.10 Å². The number of aliphatic carboxylic acids is 1. The highest BCUT2D eigenvalue weighted by molar-refractivity contribution is 5.69. The second kappa shape index (κ2) is 5.52. The van der Waals surface area contributed by atoms with Gasteiger partial charge in [0, 0.05) is 12.7 Å². The molecule has 0 spiro atoms. The third-order valence-electron chi connectivity index (χ3n) is 3.33. The fraction of sp³-hybridized carbons (Fsp3) is 0.692. The maximum Gasteiger partial charge on any atom is 0.317 e. The Morgan fingerprint density at radius 3 is 3.06 bits per heavy atom. The van der Waals surface area contributed by atoms with Gasteiger partial charge in [0.25, 0.3) is 0 Å². The van der Waals surface area contributed by atoms with Gasteiger partial charge < -0.3 is 5.11 Å². The van der Waals surface area contributed by atoms with Gasteiger partial charge in [-0.1, -0.05) is 13.8 Å². The van der Waals surface area contributed by atoms with Crippen LogP contribution in [0.5, 0.6) is 0 Å². The number of aromatic nitrogens is 2. The van der Waals surface area contributed by atoms with Crippen molar-refractivity contribution in [2.45, 2.75) is 39.3 Å². The molecule has 18 heavy (non-hydrogen) atoms. The van der Waals surface area contributed by atoms with Gasteiger partial charge in [0.05, 0.1) is 18.3 Å². The van der Waals surface area contributed by atoms with Crippen molar-refractivity contribution in [3.05, 3.63) is 18.0 Å². The quantitative estimate of drug-likeness (QED) is 0.866. The van der Waals surface area contributed by atoms with Crippen LogP contribution in [0.4, 0.5) is 0 Å². The van der Waals surface area contributed by atoms with E-state index in [0.29, 0.717) is 5.92 Å². The SMILES string of the molecule is CC(C)Cn1nccc1C1CCCN1CC(=O)O. The first kappa shape index (κ1) is 13.1. The van der Waals surface area contributed by atoms with Crippen LogP contribution in [0.1, 0.15) is 38.4 Å². The molecule has 0 saturated carbocycles. The normalized spacial score (nSPS) is 20.7. The summed E-state index contributed by atoms with van der Waals surface area (Å²) in [6, 6.07) is 2.23. The lowest BCUT2D eigenvalue weighted by Crippen LogP contribution is -2.30. The molecule has 1 atom stereocenters. The maximum absolute atomic E-state index is 10.9. The number of carboxylic acid groups (broad SMARTS) is 1. The molecule has 5 heteroatoms. The van der Waals surface area contributed by atoms with Crippen LogP contribution in [0.25, 0.3) is 0 Å². The highest BCUT2D eigenvalue weighted by Gasteiger charge is 2.29. The number of hydrogen-bond acceptors (Lipinski definition) is 3. The second-order valence-corrected chi connectivity index (χ2v) is 5.35. The van der Waals surface area contributed by atoms with E-state index in [9.17, 15) is 4.79 Å². The van der Waals surface area contributed by atoms with Gasteiger partial charge >= 0.3 is 5.97 Å². The molecule has 1 aromatic heterocycles. The second-order valence-electron chi connectivity index (χ2n) is 5.35. The van der Waals surface area contributed by atoms with Crippen LogP contribution in [-0.4, -0.2) is 38.8 Å². The Hall–Kier alpha value is -1.36. The summed E-state index contributed by atoms with van der Waals surface area (Å²) in [6.07, 6.45) is 3.90. The Balaban J connectivity index is 2.14. The number of rotatable bonds is 5. The van der Waals surface area contributed by atoms with Crippen molar-refractivity contribution >= 4 is 5.97 Å². The van der Waals surface area contributed by atoms with Gasteiger partial charge in [-0.25, -0.2) is 0 Å². The van der Waals surface area contributed by atoms with Gasteiger partial charge in [-0.05, 0) is 31.4 Å². The monoisotopic (exact) mass is 251 g/mol. The van der Waals surface area contributed by atoms with Crippen molar-refractivity contribution in [1.82, 2.24) is 14.7 Å². The van der Waals surface area contributed by atoms with E-state index in [2.05, 4.69) is 18.9 Å². The van der Waals surface area contributed by atoms with Gasteiger partial charge in [0.15, 0.2) is 0 Å². The minimum atomic E-state index is -0.753. The highest BCUT2D eigenvalue weighted by atomic mass is 16.4. The first-order chi connectivity index (χ1) is 8.58. The molecule has 1 aliphatic heterocycles. The van der Waals surface area contributed by atoms with E-state index < -0.39 is 5.97 Å². The fourth-order valence-corrected chi connectivity index (χ4v) is 2.65. The Labute approximate surface area is 107 Å². The van der Waals surface area contributed by atoms with E-state index in [1.165, 1.54) is 0 Å². The van der Waals surface area contributed by atoms with Crippen molar-refractivity contribution in [3.63, 3.8) is 0 Å². The van der Waals surface area contributed by atoms with Crippen LogP contribution >= 0.6 is 0 Å². The van der Waals surface area contributed by atoms with E-state index >= 15 is 0 Å². The summed E-state index contributed by atoms with van der Waals surface area (Å²) in [7, 11) is 0.